The SMILES string of the molecule is CC1(N2CCOCC2)NC(=[N+]2CCOCC2)c2c(ccc(Cl)c2-c2ccccc2F)N=C1OP=O. The maximum Gasteiger partial charge on any atom is 0.397 e. The second-order valence-corrected chi connectivity index (χ2v) is 9.36. The van der Waals surface area contributed by atoms with Crippen LogP contribution < -0.4 is 5.32 Å². The molecule has 3 aliphatic heterocycles. The molecule has 3 aliphatic rings. The van der Waals surface area contributed by atoms with Gasteiger partial charge in [0.15, 0.2) is 0 Å². The lowest BCUT2D eigenvalue weighted by atomic mass is 9.96. The number of amidine groups is 1. The predicted octanol–water partition coefficient (Wildman–Crippen LogP) is 3.84. The van der Waals surface area contributed by atoms with Crippen LogP contribution in [0.5, 0.6) is 0 Å². The van der Waals surface area contributed by atoms with Crippen molar-refractivity contribution in [2.24, 2.45) is 4.99 Å². The number of rotatable bonds is 3. The van der Waals surface area contributed by atoms with Crippen molar-refractivity contribution < 1.29 is 27.5 Å². The Bertz CT molecular complexity index is 1200. The molecule has 2 aromatic rings. The van der Waals surface area contributed by atoms with Crippen LogP contribution in [0.15, 0.2) is 41.4 Å². The molecule has 35 heavy (non-hydrogen) atoms. The fourth-order valence-corrected chi connectivity index (χ4v) is 5.33. The zero-order chi connectivity index (χ0) is 24.4. The number of halogens is 2. The lowest BCUT2D eigenvalue weighted by Gasteiger charge is -2.39. The van der Waals surface area contributed by atoms with Crippen LogP contribution in [0.2, 0.25) is 5.02 Å². The lowest BCUT2D eigenvalue weighted by molar-refractivity contribution is -0.550. The van der Waals surface area contributed by atoms with Gasteiger partial charge in [-0.15, -0.1) is 0 Å². The van der Waals surface area contributed by atoms with Crippen LogP contribution in [-0.4, -0.2) is 79.5 Å². The van der Waals surface area contributed by atoms with Gasteiger partial charge >= 0.3 is 8.69 Å². The predicted molar refractivity (Wildman–Crippen MR) is 131 cm³/mol. The van der Waals surface area contributed by atoms with Gasteiger partial charge in [-0.05, 0) is 18.2 Å². The van der Waals surface area contributed by atoms with Gasteiger partial charge in [-0.1, -0.05) is 29.8 Å². The first kappa shape index (κ1) is 24.3. The van der Waals surface area contributed by atoms with Crippen molar-refractivity contribution in [3.8, 4) is 11.1 Å². The molecule has 0 spiro atoms. The minimum Gasteiger partial charge on any atom is -0.385 e. The van der Waals surface area contributed by atoms with Gasteiger partial charge in [0.1, 0.15) is 18.9 Å². The summed E-state index contributed by atoms with van der Waals surface area (Å²) in [7, 11) is -0.523. The van der Waals surface area contributed by atoms with Crippen molar-refractivity contribution in [1.82, 2.24) is 10.2 Å². The number of nitrogens with zero attached hydrogens (tertiary/aromatic N) is 3. The number of benzene rings is 2. The quantitative estimate of drug-likeness (QED) is 0.490. The molecule has 0 bridgehead atoms. The molecular weight excluding hydrogens is 494 g/mol. The Morgan fingerprint density at radius 3 is 2.54 bits per heavy atom. The summed E-state index contributed by atoms with van der Waals surface area (Å²) in [5.74, 6) is 0.591. The maximum absolute atomic E-state index is 15.1. The van der Waals surface area contributed by atoms with Gasteiger partial charge in [-0.3, -0.25) is 9.48 Å². The number of nitrogens with one attached hydrogen (secondary N) is 1. The summed E-state index contributed by atoms with van der Waals surface area (Å²) in [6.07, 6.45) is 0. The van der Waals surface area contributed by atoms with Crippen LogP contribution in [0.25, 0.3) is 11.1 Å². The number of fused-ring (bicyclic) bond motifs is 1. The van der Waals surface area contributed by atoms with Crippen molar-refractivity contribution in [2.45, 2.75) is 12.6 Å². The third kappa shape index (κ3) is 4.59. The van der Waals surface area contributed by atoms with Crippen LogP contribution in [0.1, 0.15) is 12.5 Å². The lowest BCUT2D eigenvalue weighted by Crippen LogP contribution is -2.66. The third-order valence-corrected chi connectivity index (χ3v) is 7.17. The van der Waals surface area contributed by atoms with Crippen molar-refractivity contribution in [1.29, 1.82) is 0 Å². The molecule has 2 aromatic carbocycles. The topological polar surface area (TPSA) is 75.4 Å². The zero-order valence-corrected chi connectivity index (χ0v) is 20.9. The average molecular weight is 520 g/mol. The van der Waals surface area contributed by atoms with Crippen molar-refractivity contribution in [3.63, 3.8) is 0 Å². The summed E-state index contributed by atoms with van der Waals surface area (Å²) in [6, 6.07) is 10.0. The second-order valence-electron chi connectivity index (χ2n) is 8.62. The smallest absolute Gasteiger partial charge is 0.385 e. The van der Waals surface area contributed by atoms with Gasteiger partial charge in [0.25, 0.3) is 11.7 Å². The Balaban J connectivity index is 1.79. The molecule has 0 aliphatic carbocycles. The molecule has 5 rings (SSSR count). The van der Waals surface area contributed by atoms with E-state index in [9.17, 15) is 4.57 Å². The van der Waals surface area contributed by atoms with Gasteiger partial charge in [-0.25, -0.2) is 19.3 Å². The second kappa shape index (κ2) is 10.3. The van der Waals surface area contributed by atoms with E-state index in [0.29, 0.717) is 80.0 Å². The van der Waals surface area contributed by atoms with Crippen molar-refractivity contribution in [3.05, 3.63) is 52.8 Å². The molecule has 0 saturated carbocycles. The molecule has 0 radical (unpaired) electrons. The highest BCUT2D eigenvalue weighted by Gasteiger charge is 2.49. The van der Waals surface area contributed by atoms with E-state index < -0.39 is 14.3 Å². The summed E-state index contributed by atoms with van der Waals surface area (Å²) in [5.41, 5.74) is 1.15. The molecule has 2 saturated heterocycles. The molecule has 8 nitrogen and oxygen atoms in total. The van der Waals surface area contributed by atoms with Crippen molar-refractivity contribution in [2.75, 3.05) is 52.6 Å². The van der Waals surface area contributed by atoms with E-state index >= 15 is 4.39 Å². The molecule has 0 amide bonds. The highest BCUT2D eigenvalue weighted by Crippen LogP contribution is 2.41. The Hall–Kier alpha value is -2.42. The van der Waals surface area contributed by atoms with Crippen LogP contribution in [0.3, 0.4) is 0 Å². The largest absolute Gasteiger partial charge is 0.397 e. The fraction of sp³-hybridized carbons (Fsp3) is 0.417. The zero-order valence-electron chi connectivity index (χ0n) is 19.3. The first-order valence-corrected chi connectivity index (χ1v) is 12.6. The van der Waals surface area contributed by atoms with Gasteiger partial charge < -0.3 is 14.0 Å². The Kier molecular flexibility index (Phi) is 7.14. The van der Waals surface area contributed by atoms with Crippen LogP contribution in [-0.2, 0) is 18.6 Å². The molecule has 1 N–H and O–H groups in total. The van der Waals surface area contributed by atoms with Crippen LogP contribution in [0, 0.1) is 5.82 Å². The third-order valence-electron chi connectivity index (χ3n) is 6.61. The summed E-state index contributed by atoms with van der Waals surface area (Å²) in [4.78, 5) is 6.99. The summed E-state index contributed by atoms with van der Waals surface area (Å²) >= 11 is 6.73. The van der Waals surface area contributed by atoms with E-state index in [4.69, 9.17) is 30.6 Å². The van der Waals surface area contributed by atoms with E-state index in [-0.39, 0.29) is 11.7 Å². The minimum atomic E-state index is -0.952. The monoisotopic (exact) mass is 519 g/mol. The summed E-state index contributed by atoms with van der Waals surface area (Å²) < 4.78 is 45.7. The molecular formula is C24H26ClFN4O4P+. The highest BCUT2D eigenvalue weighted by molar-refractivity contribution is 7.18. The van der Waals surface area contributed by atoms with Gasteiger partial charge in [0, 0.05) is 36.2 Å². The number of hydrogen-bond acceptors (Lipinski definition) is 6. The summed E-state index contributed by atoms with van der Waals surface area (Å²) in [5, 5.41) is 4.06. The highest BCUT2D eigenvalue weighted by atomic mass is 35.5. The number of ether oxygens (including phenoxy) is 2. The molecule has 0 aromatic heterocycles. The Morgan fingerprint density at radius 2 is 1.83 bits per heavy atom. The molecule has 3 heterocycles. The first-order chi connectivity index (χ1) is 17.0. The van der Waals surface area contributed by atoms with E-state index in [1.807, 2.05) is 6.92 Å². The first-order valence-electron chi connectivity index (χ1n) is 11.5. The van der Waals surface area contributed by atoms with Gasteiger partial charge in [0.2, 0.25) is 5.66 Å². The van der Waals surface area contributed by atoms with Gasteiger partial charge in [-0.2, -0.15) is 0 Å². The number of morpholine rings is 2. The Morgan fingerprint density at radius 1 is 1.11 bits per heavy atom. The molecule has 1 atom stereocenters. The van der Waals surface area contributed by atoms with E-state index in [1.165, 1.54) is 6.07 Å². The van der Waals surface area contributed by atoms with Crippen molar-refractivity contribution >= 4 is 37.7 Å². The number of hydrogen-bond donors (Lipinski definition) is 1. The minimum absolute atomic E-state index is 0.238. The normalized spacial score (nSPS) is 23.3. The molecule has 2 fully saturated rings. The fourth-order valence-electron chi connectivity index (χ4n) is 4.78. The average Bonchev–Trinajstić information content (AvgIpc) is 3.01. The van der Waals surface area contributed by atoms with E-state index in [0.717, 1.165) is 5.84 Å². The standard InChI is InChI=1S/C24H25ClFN4O4P/c1-24(30-10-14-33-15-11-30)23(34-35-31)27-19-7-6-17(25)20(16-4-2-3-5-18(16)26)21(19)22(28-24)29-8-12-32-13-9-29/h2-7H,8-15H2,1H3/p+1. The van der Waals surface area contributed by atoms with Crippen LogP contribution >= 0.6 is 20.3 Å². The maximum atomic E-state index is 15.1. The number of aliphatic imine (C=N–C) groups is 1. The molecule has 1 unspecified atom stereocenters. The van der Waals surface area contributed by atoms with Crippen LogP contribution in [0.4, 0.5) is 10.1 Å². The van der Waals surface area contributed by atoms with E-state index in [1.54, 1.807) is 30.3 Å². The van der Waals surface area contributed by atoms with Gasteiger partial charge in [0.05, 0.1) is 37.7 Å². The summed E-state index contributed by atoms with van der Waals surface area (Å²) in [6.45, 7) is 6.63. The molecule has 184 valence electrons. The Labute approximate surface area is 209 Å². The van der Waals surface area contributed by atoms with E-state index in [2.05, 4.69) is 14.8 Å². The molecule has 11 heteroatoms.